The van der Waals surface area contributed by atoms with Crippen LogP contribution >= 0.6 is 0 Å². The van der Waals surface area contributed by atoms with Crippen LogP contribution in [0.25, 0.3) is 0 Å². The predicted molar refractivity (Wildman–Crippen MR) is 103 cm³/mol. The van der Waals surface area contributed by atoms with E-state index in [4.69, 9.17) is 0 Å². The van der Waals surface area contributed by atoms with Crippen molar-refractivity contribution in [3.63, 3.8) is 0 Å². The third-order valence-electron chi connectivity index (χ3n) is 5.99. The van der Waals surface area contributed by atoms with Crippen LogP contribution in [0.2, 0.25) is 0 Å². The van der Waals surface area contributed by atoms with E-state index in [1.807, 2.05) is 4.72 Å². The molecule has 33 heavy (non-hydrogen) atoms. The van der Waals surface area contributed by atoms with Gasteiger partial charge in [0.2, 0.25) is 0 Å². The van der Waals surface area contributed by atoms with Gasteiger partial charge in [0.25, 0.3) is 15.9 Å². The Morgan fingerprint density at radius 1 is 0.939 bits per heavy atom. The van der Waals surface area contributed by atoms with E-state index < -0.39 is 60.9 Å². The van der Waals surface area contributed by atoms with Crippen LogP contribution in [0.4, 0.5) is 32.0 Å². The number of carbonyl (C=O) groups is 1. The van der Waals surface area contributed by atoms with E-state index in [1.165, 1.54) is 0 Å². The second kappa shape index (κ2) is 7.02. The monoisotopic (exact) mass is 494 g/mol. The highest BCUT2D eigenvalue weighted by molar-refractivity contribution is 7.92. The zero-order chi connectivity index (χ0) is 24.4. The van der Waals surface area contributed by atoms with E-state index in [9.17, 15) is 44.7 Å². The second-order valence-corrected chi connectivity index (χ2v) is 10.1. The number of hydrogen-bond acceptors (Lipinski definition) is 4. The molecule has 2 bridgehead atoms. The van der Waals surface area contributed by atoms with Crippen LogP contribution in [0.3, 0.4) is 0 Å². The summed E-state index contributed by atoms with van der Waals surface area (Å²) >= 11 is 0. The van der Waals surface area contributed by atoms with Crippen LogP contribution in [-0.4, -0.2) is 31.1 Å². The number of nitrogens with one attached hydrogen (secondary N) is 2. The number of phenols is 1. The fraction of sp³-hybridized carbons (Fsp3) is 0.350. The van der Waals surface area contributed by atoms with E-state index in [0.29, 0.717) is 12.1 Å². The molecule has 5 rings (SSSR count). The lowest BCUT2D eigenvalue weighted by Gasteiger charge is -2.70. The molecule has 0 unspecified atom stereocenters. The SMILES string of the molecule is O=C(NC12CC(C(F)(F)F)(C1)C2)c1ccc(C(F)(F)F)cc1NS(=O)(=O)c1ccc(O)cc1. The van der Waals surface area contributed by atoms with Crippen molar-refractivity contribution in [1.29, 1.82) is 0 Å². The Labute approximate surface area is 183 Å². The fourth-order valence-corrected chi connectivity index (χ4v) is 5.43. The van der Waals surface area contributed by atoms with Gasteiger partial charge in [-0.15, -0.1) is 0 Å². The van der Waals surface area contributed by atoms with E-state index in [-0.39, 0.29) is 25.0 Å². The maximum Gasteiger partial charge on any atom is 0.416 e. The Balaban J connectivity index is 1.62. The highest BCUT2D eigenvalue weighted by Gasteiger charge is 2.79. The largest absolute Gasteiger partial charge is 0.508 e. The zero-order valence-electron chi connectivity index (χ0n) is 16.5. The van der Waals surface area contributed by atoms with Crippen molar-refractivity contribution in [1.82, 2.24) is 5.32 Å². The normalized spacial score (nSPS) is 24.4. The van der Waals surface area contributed by atoms with Gasteiger partial charge >= 0.3 is 12.4 Å². The molecule has 0 radical (unpaired) electrons. The summed E-state index contributed by atoms with van der Waals surface area (Å²) in [4.78, 5) is 12.3. The number of aromatic hydroxyl groups is 1. The lowest BCUT2D eigenvalue weighted by Crippen LogP contribution is -2.78. The van der Waals surface area contributed by atoms with Crippen LogP contribution in [0, 0.1) is 5.41 Å². The van der Waals surface area contributed by atoms with Gasteiger partial charge < -0.3 is 10.4 Å². The molecule has 0 saturated heterocycles. The Morgan fingerprint density at radius 3 is 2.03 bits per heavy atom. The maximum atomic E-state index is 13.2. The number of carbonyl (C=O) groups excluding carboxylic acids is 1. The van der Waals surface area contributed by atoms with Crippen molar-refractivity contribution in [3.05, 3.63) is 53.6 Å². The molecule has 0 spiro atoms. The first-order valence-corrected chi connectivity index (χ1v) is 11.0. The molecule has 0 aromatic heterocycles. The molecule has 0 aliphatic heterocycles. The third kappa shape index (κ3) is 3.98. The van der Waals surface area contributed by atoms with Crippen LogP contribution in [0.1, 0.15) is 35.2 Å². The smallest absolute Gasteiger partial charge is 0.416 e. The van der Waals surface area contributed by atoms with Gasteiger partial charge in [-0.1, -0.05) is 0 Å². The number of halogens is 6. The van der Waals surface area contributed by atoms with Crippen molar-refractivity contribution < 1.29 is 44.7 Å². The van der Waals surface area contributed by atoms with Crippen LogP contribution in [0.15, 0.2) is 47.4 Å². The number of alkyl halides is 6. The topological polar surface area (TPSA) is 95.5 Å². The van der Waals surface area contributed by atoms with Crippen LogP contribution < -0.4 is 10.0 Å². The summed E-state index contributed by atoms with van der Waals surface area (Å²) in [6.45, 7) is 0. The number of sulfonamides is 1. The van der Waals surface area contributed by atoms with Gasteiger partial charge in [-0.05, 0) is 61.7 Å². The standard InChI is InChI=1S/C20H16F6N2O4S/c21-19(22,23)11-1-6-14(16(30)27-18-8-17(9-18,10-18)20(24,25)26)15(7-11)28-33(31,32)13-4-2-12(29)3-5-13/h1-7,28-29H,8-10H2,(H,27,30). The zero-order valence-corrected chi connectivity index (χ0v) is 17.3. The lowest BCUT2D eigenvalue weighted by atomic mass is 9.39. The first kappa shape index (κ1) is 23.2. The summed E-state index contributed by atoms with van der Waals surface area (Å²) in [6.07, 6.45) is -10.3. The first-order chi connectivity index (χ1) is 15.1. The van der Waals surface area contributed by atoms with Gasteiger partial charge in [0.15, 0.2) is 0 Å². The average Bonchev–Trinajstić information content (AvgIpc) is 2.61. The minimum Gasteiger partial charge on any atom is -0.508 e. The second-order valence-electron chi connectivity index (χ2n) is 8.40. The maximum absolute atomic E-state index is 13.2. The van der Waals surface area contributed by atoms with E-state index in [0.717, 1.165) is 30.3 Å². The molecular weight excluding hydrogens is 478 g/mol. The minimum absolute atomic E-state index is 0.247. The molecule has 3 saturated carbocycles. The van der Waals surface area contributed by atoms with Crippen LogP contribution in [0.5, 0.6) is 5.75 Å². The number of amides is 1. The van der Waals surface area contributed by atoms with Gasteiger partial charge in [-0.2, -0.15) is 26.3 Å². The summed E-state index contributed by atoms with van der Waals surface area (Å²) in [5, 5.41) is 11.7. The Bertz CT molecular complexity index is 1200. The molecule has 3 N–H and O–H groups in total. The van der Waals surface area contributed by atoms with Gasteiger partial charge in [0, 0.05) is 5.54 Å². The van der Waals surface area contributed by atoms with Gasteiger partial charge in [0.1, 0.15) is 5.75 Å². The lowest BCUT2D eigenvalue weighted by molar-refractivity contribution is -0.336. The molecule has 13 heteroatoms. The predicted octanol–water partition coefficient (Wildman–Crippen LogP) is 4.43. The fourth-order valence-electron chi connectivity index (χ4n) is 4.36. The third-order valence-corrected chi connectivity index (χ3v) is 7.37. The summed E-state index contributed by atoms with van der Waals surface area (Å²) in [6, 6.07) is 5.88. The van der Waals surface area contributed by atoms with E-state index >= 15 is 0 Å². The van der Waals surface area contributed by atoms with Crippen molar-refractivity contribution in [2.45, 2.75) is 42.0 Å². The molecule has 178 valence electrons. The summed E-state index contributed by atoms with van der Waals surface area (Å²) in [7, 11) is -4.46. The summed E-state index contributed by atoms with van der Waals surface area (Å²) in [5.74, 6) is -1.24. The van der Waals surface area contributed by atoms with Gasteiger partial charge in [-0.3, -0.25) is 9.52 Å². The van der Waals surface area contributed by atoms with Crippen molar-refractivity contribution in [2.24, 2.45) is 5.41 Å². The molecule has 6 nitrogen and oxygen atoms in total. The van der Waals surface area contributed by atoms with Crippen molar-refractivity contribution in [2.75, 3.05) is 4.72 Å². The van der Waals surface area contributed by atoms with Gasteiger partial charge in [-0.25, -0.2) is 8.42 Å². The molecule has 3 fully saturated rings. The van der Waals surface area contributed by atoms with Crippen LogP contribution in [-0.2, 0) is 16.2 Å². The Hall–Kier alpha value is -2.96. The summed E-state index contributed by atoms with van der Waals surface area (Å²) in [5.41, 5.74) is -5.38. The van der Waals surface area contributed by atoms with E-state index in [2.05, 4.69) is 5.32 Å². The summed E-state index contributed by atoms with van der Waals surface area (Å²) < 4.78 is 106. The first-order valence-electron chi connectivity index (χ1n) is 9.48. The van der Waals surface area contributed by atoms with E-state index in [1.54, 1.807) is 0 Å². The highest BCUT2D eigenvalue weighted by atomic mass is 32.2. The Morgan fingerprint density at radius 2 is 1.52 bits per heavy atom. The minimum atomic E-state index is -4.85. The number of hydrogen-bond donors (Lipinski definition) is 3. The molecule has 2 aromatic carbocycles. The number of anilines is 1. The molecule has 0 atom stereocenters. The Kier molecular flexibility index (Phi) is 4.94. The molecule has 3 aliphatic rings. The van der Waals surface area contributed by atoms with Gasteiger partial charge in [0.05, 0.1) is 27.1 Å². The molecule has 1 amide bonds. The molecule has 3 aliphatic carbocycles. The van der Waals surface area contributed by atoms with Crippen molar-refractivity contribution in [3.8, 4) is 5.75 Å². The average molecular weight is 494 g/mol. The number of benzene rings is 2. The number of rotatable bonds is 5. The highest BCUT2D eigenvalue weighted by Crippen LogP contribution is 2.73. The number of phenolic OH excluding ortho intramolecular Hbond substituents is 1. The van der Waals surface area contributed by atoms with Crippen molar-refractivity contribution >= 4 is 21.6 Å². The molecular formula is C20H16F6N2O4S. The quantitative estimate of drug-likeness (QED) is 0.536. The molecule has 0 heterocycles. The molecule has 2 aromatic rings.